The lowest BCUT2D eigenvalue weighted by atomic mass is 10.2. The summed E-state index contributed by atoms with van der Waals surface area (Å²) in [4.78, 5) is 16.7. The number of amides is 1. The van der Waals surface area contributed by atoms with Gasteiger partial charge in [-0.15, -0.1) is 0 Å². The molecule has 0 N–H and O–H groups in total. The number of carbonyl (C=O) groups excluding carboxylic acids is 1. The standard InChI is InChI=1S/C11H13N3O2S/c1-16-10-4-3-9(7-13-10)8-14(11(15)17)6-2-5-12/h3-4,7H,2,6,8H2,1H3,(H,15,17). The lowest BCUT2D eigenvalue weighted by Gasteiger charge is -2.18. The normalized spacial score (nSPS) is 9.47. The number of aromatic nitrogens is 1. The van der Waals surface area contributed by atoms with Crippen molar-refractivity contribution in [1.29, 1.82) is 5.26 Å². The van der Waals surface area contributed by atoms with E-state index >= 15 is 0 Å². The zero-order chi connectivity index (χ0) is 12.7. The van der Waals surface area contributed by atoms with Gasteiger partial charge in [0.1, 0.15) is 0 Å². The maximum absolute atomic E-state index is 11.2. The number of thiol groups is 1. The minimum Gasteiger partial charge on any atom is -0.481 e. The van der Waals surface area contributed by atoms with Crippen LogP contribution in [0.25, 0.3) is 0 Å². The van der Waals surface area contributed by atoms with Gasteiger partial charge in [0.25, 0.3) is 5.24 Å². The Bertz CT molecular complexity index is 414. The van der Waals surface area contributed by atoms with E-state index in [1.54, 1.807) is 19.4 Å². The molecule has 1 amide bonds. The number of nitriles is 1. The van der Waals surface area contributed by atoms with Gasteiger partial charge >= 0.3 is 0 Å². The van der Waals surface area contributed by atoms with Crippen LogP contribution in [-0.4, -0.2) is 28.8 Å². The lowest BCUT2D eigenvalue weighted by molar-refractivity contribution is 0.222. The first-order valence-corrected chi connectivity index (χ1v) is 5.46. The molecule has 0 aliphatic carbocycles. The van der Waals surface area contributed by atoms with E-state index < -0.39 is 0 Å². The Morgan fingerprint density at radius 3 is 2.88 bits per heavy atom. The van der Waals surface area contributed by atoms with Crippen LogP contribution < -0.4 is 4.74 Å². The Morgan fingerprint density at radius 2 is 2.41 bits per heavy atom. The first-order valence-electron chi connectivity index (χ1n) is 5.01. The Morgan fingerprint density at radius 1 is 1.65 bits per heavy atom. The van der Waals surface area contributed by atoms with Crippen molar-refractivity contribution >= 4 is 17.9 Å². The molecule has 0 aromatic carbocycles. The first-order chi connectivity index (χ1) is 8.17. The van der Waals surface area contributed by atoms with Crippen molar-refractivity contribution in [1.82, 2.24) is 9.88 Å². The first kappa shape index (κ1) is 13.3. The summed E-state index contributed by atoms with van der Waals surface area (Å²) in [7, 11) is 1.54. The maximum Gasteiger partial charge on any atom is 0.278 e. The van der Waals surface area contributed by atoms with E-state index in [1.165, 1.54) is 4.90 Å². The molecule has 0 saturated carbocycles. The molecule has 0 radical (unpaired) electrons. The third kappa shape index (κ3) is 4.33. The summed E-state index contributed by atoms with van der Waals surface area (Å²) < 4.78 is 4.94. The molecule has 0 fully saturated rings. The Balaban J connectivity index is 2.65. The number of pyridine rings is 1. The Labute approximate surface area is 105 Å². The molecule has 17 heavy (non-hydrogen) atoms. The fourth-order valence-electron chi connectivity index (χ4n) is 1.27. The van der Waals surface area contributed by atoms with Gasteiger partial charge in [0.2, 0.25) is 5.88 Å². The molecule has 1 aromatic rings. The second-order valence-electron chi connectivity index (χ2n) is 3.32. The highest BCUT2D eigenvalue weighted by molar-refractivity contribution is 7.96. The van der Waals surface area contributed by atoms with Gasteiger partial charge in [-0.25, -0.2) is 4.98 Å². The van der Waals surface area contributed by atoms with Crippen LogP contribution in [0.2, 0.25) is 0 Å². The van der Waals surface area contributed by atoms with Gasteiger partial charge in [-0.1, -0.05) is 18.7 Å². The molecule has 1 aromatic heterocycles. The Hall–Kier alpha value is -1.74. The summed E-state index contributed by atoms with van der Waals surface area (Å²) in [5.41, 5.74) is 0.867. The minimum absolute atomic E-state index is 0.288. The van der Waals surface area contributed by atoms with Crippen LogP contribution in [0.5, 0.6) is 5.88 Å². The average molecular weight is 251 g/mol. The number of methoxy groups -OCH3 is 1. The van der Waals surface area contributed by atoms with E-state index in [9.17, 15) is 4.79 Å². The summed E-state index contributed by atoms with van der Waals surface area (Å²) in [5, 5.41) is 8.14. The van der Waals surface area contributed by atoms with Gasteiger partial charge in [0, 0.05) is 25.4 Å². The van der Waals surface area contributed by atoms with Crippen LogP contribution >= 0.6 is 12.6 Å². The predicted molar refractivity (Wildman–Crippen MR) is 65.8 cm³/mol. The van der Waals surface area contributed by atoms with Crippen molar-refractivity contribution < 1.29 is 9.53 Å². The quantitative estimate of drug-likeness (QED) is 0.811. The van der Waals surface area contributed by atoms with Crippen LogP contribution in [-0.2, 0) is 6.54 Å². The number of hydrogen-bond donors (Lipinski definition) is 1. The molecule has 1 rings (SSSR count). The summed E-state index contributed by atoms with van der Waals surface area (Å²) in [5.74, 6) is 0.523. The molecule has 0 aliphatic rings. The van der Waals surface area contributed by atoms with Gasteiger partial charge in [0.05, 0.1) is 19.6 Å². The molecule has 0 aliphatic heterocycles. The van der Waals surface area contributed by atoms with Crippen LogP contribution in [0.15, 0.2) is 18.3 Å². The minimum atomic E-state index is -0.351. The number of hydrogen-bond acceptors (Lipinski definition) is 4. The molecular weight excluding hydrogens is 238 g/mol. The largest absolute Gasteiger partial charge is 0.481 e. The van der Waals surface area contributed by atoms with Gasteiger partial charge < -0.3 is 9.64 Å². The average Bonchev–Trinajstić information content (AvgIpc) is 2.35. The van der Waals surface area contributed by atoms with Crippen LogP contribution in [0.1, 0.15) is 12.0 Å². The molecule has 0 bridgehead atoms. The Kier molecular flexibility index (Phi) is 5.30. The maximum atomic E-state index is 11.2. The SMILES string of the molecule is COc1ccc(CN(CCC#N)C(=O)S)cn1. The molecule has 1 heterocycles. The molecule has 0 saturated heterocycles. The van der Waals surface area contributed by atoms with Crippen molar-refractivity contribution in [2.45, 2.75) is 13.0 Å². The van der Waals surface area contributed by atoms with E-state index in [1.807, 2.05) is 12.1 Å². The summed E-state index contributed by atoms with van der Waals surface area (Å²) >= 11 is 3.77. The molecule has 90 valence electrons. The number of carbonyl (C=O) groups is 1. The van der Waals surface area contributed by atoms with Gasteiger partial charge in [-0.3, -0.25) is 4.79 Å². The molecule has 5 nitrogen and oxygen atoms in total. The van der Waals surface area contributed by atoms with Crippen molar-refractivity contribution in [2.24, 2.45) is 0 Å². The highest BCUT2D eigenvalue weighted by Gasteiger charge is 2.10. The highest BCUT2D eigenvalue weighted by Crippen LogP contribution is 2.10. The fraction of sp³-hybridized carbons (Fsp3) is 0.364. The van der Waals surface area contributed by atoms with E-state index in [0.717, 1.165) is 5.56 Å². The number of rotatable bonds is 5. The van der Waals surface area contributed by atoms with Gasteiger partial charge in [-0.2, -0.15) is 5.26 Å². The van der Waals surface area contributed by atoms with E-state index in [-0.39, 0.29) is 11.7 Å². The van der Waals surface area contributed by atoms with E-state index in [4.69, 9.17) is 10.00 Å². The van der Waals surface area contributed by atoms with Crippen molar-refractivity contribution in [2.75, 3.05) is 13.7 Å². The predicted octanol–water partition coefficient (Wildman–Crippen LogP) is 1.86. The lowest BCUT2D eigenvalue weighted by Crippen LogP contribution is -2.26. The molecule has 0 unspecified atom stereocenters. The van der Waals surface area contributed by atoms with Gasteiger partial charge in [-0.05, 0) is 5.56 Å². The highest BCUT2D eigenvalue weighted by atomic mass is 32.1. The molecule has 0 spiro atoms. The number of ether oxygens (including phenoxy) is 1. The van der Waals surface area contributed by atoms with E-state index in [0.29, 0.717) is 19.0 Å². The second-order valence-corrected chi connectivity index (χ2v) is 3.70. The monoisotopic (exact) mass is 251 g/mol. The zero-order valence-electron chi connectivity index (χ0n) is 9.46. The van der Waals surface area contributed by atoms with Crippen LogP contribution in [0, 0.1) is 11.3 Å². The summed E-state index contributed by atoms with van der Waals surface area (Å²) in [6.07, 6.45) is 1.92. The summed E-state index contributed by atoms with van der Waals surface area (Å²) in [6, 6.07) is 5.54. The third-order valence-electron chi connectivity index (χ3n) is 2.14. The van der Waals surface area contributed by atoms with E-state index in [2.05, 4.69) is 17.6 Å². The van der Waals surface area contributed by atoms with Crippen molar-refractivity contribution in [3.63, 3.8) is 0 Å². The number of nitrogens with zero attached hydrogens (tertiary/aromatic N) is 3. The summed E-state index contributed by atoms with van der Waals surface area (Å²) in [6.45, 7) is 0.756. The molecule has 0 atom stereocenters. The fourth-order valence-corrected chi connectivity index (χ4v) is 1.44. The van der Waals surface area contributed by atoms with Crippen LogP contribution in [0.3, 0.4) is 0 Å². The van der Waals surface area contributed by atoms with Crippen molar-refractivity contribution in [3.05, 3.63) is 23.9 Å². The topological polar surface area (TPSA) is 66.2 Å². The molecule has 6 heteroatoms. The van der Waals surface area contributed by atoms with Gasteiger partial charge in [0.15, 0.2) is 0 Å². The zero-order valence-corrected chi connectivity index (χ0v) is 10.4. The second kappa shape index (κ2) is 6.76. The third-order valence-corrected chi connectivity index (χ3v) is 2.43. The van der Waals surface area contributed by atoms with Crippen LogP contribution in [0.4, 0.5) is 4.79 Å². The van der Waals surface area contributed by atoms with Crippen molar-refractivity contribution in [3.8, 4) is 11.9 Å². The smallest absolute Gasteiger partial charge is 0.278 e. The molecular formula is C11H13N3O2S.